The first kappa shape index (κ1) is 11.5. The quantitative estimate of drug-likeness (QED) is 0.604. The lowest BCUT2D eigenvalue weighted by atomic mass is 10.3. The van der Waals surface area contributed by atoms with Crippen molar-refractivity contribution in [2.75, 3.05) is 12.3 Å². The summed E-state index contributed by atoms with van der Waals surface area (Å²) < 4.78 is 1.45. The van der Waals surface area contributed by atoms with E-state index in [-0.39, 0.29) is 19.0 Å². The number of aliphatic hydroxyl groups is 1. The van der Waals surface area contributed by atoms with E-state index in [0.29, 0.717) is 12.2 Å². The van der Waals surface area contributed by atoms with Crippen LogP contribution < -0.4 is 11.1 Å². The number of aliphatic hydroxyl groups excluding tert-OH is 1. The van der Waals surface area contributed by atoms with Gasteiger partial charge in [-0.1, -0.05) is 6.92 Å². The predicted octanol–water partition coefficient (Wildman–Crippen LogP) is -0.648. The van der Waals surface area contributed by atoms with Gasteiger partial charge in [0.25, 0.3) is 0 Å². The summed E-state index contributed by atoms with van der Waals surface area (Å²) in [5.41, 5.74) is 5.39. The zero-order valence-electron chi connectivity index (χ0n) is 8.68. The van der Waals surface area contributed by atoms with Gasteiger partial charge in [0.1, 0.15) is 12.4 Å². The molecule has 1 amide bonds. The highest BCUT2D eigenvalue weighted by Crippen LogP contribution is 1.95. The maximum absolute atomic E-state index is 11.3. The lowest BCUT2D eigenvalue weighted by Crippen LogP contribution is -2.34. The summed E-state index contributed by atoms with van der Waals surface area (Å²) in [6.07, 6.45) is 1.76. The summed E-state index contributed by atoms with van der Waals surface area (Å²) in [6, 6.07) is 1.62. The monoisotopic (exact) mass is 212 g/mol. The van der Waals surface area contributed by atoms with Gasteiger partial charge in [0.15, 0.2) is 0 Å². The van der Waals surface area contributed by atoms with Crippen LogP contribution in [0.4, 0.5) is 5.82 Å². The molecule has 1 aromatic heterocycles. The van der Waals surface area contributed by atoms with Gasteiger partial charge in [-0.2, -0.15) is 5.10 Å². The summed E-state index contributed by atoms with van der Waals surface area (Å²) in [5, 5.41) is 15.7. The van der Waals surface area contributed by atoms with Gasteiger partial charge in [-0.25, -0.2) is 0 Å². The first-order valence-electron chi connectivity index (χ1n) is 4.85. The van der Waals surface area contributed by atoms with Crippen LogP contribution in [-0.2, 0) is 11.3 Å². The molecule has 0 fully saturated rings. The highest BCUT2D eigenvalue weighted by molar-refractivity contribution is 5.75. The highest BCUT2D eigenvalue weighted by atomic mass is 16.3. The largest absolute Gasteiger partial charge is 0.391 e. The number of hydrogen-bond donors (Lipinski definition) is 3. The fourth-order valence-electron chi connectivity index (χ4n) is 1.04. The van der Waals surface area contributed by atoms with E-state index in [2.05, 4.69) is 10.4 Å². The minimum absolute atomic E-state index is 0.119. The van der Waals surface area contributed by atoms with Crippen molar-refractivity contribution in [1.29, 1.82) is 0 Å². The van der Waals surface area contributed by atoms with Crippen LogP contribution in [0.1, 0.15) is 13.3 Å². The smallest absolute Gasteiger partial charge is 0.241 e. The summed E-state index contributed by atoms with van der Waals surface area (Å²) in [4.78, 5) is 11.3. The number of anilines is 1. The van der Waals surface area contributed by atoms with E-state index in [1.165, 1.54) is 4.68 Å². The zero-order valence-corrected chi connectivity index (χ0v) is 8.68. The lowest BCUT2D eigenvalue weighted by molar-refractivity contribution is -0.122. The molecule has 0 spiro atoms. The van der Waals surface area contributed by atoms with Crippen molar-refractivity contribution in [3.05, 3.63) is 12.3 Å². The van der Waals surface area contributed by atoms with Gasteiger partial charge in [0.05, 0.1) is 6.10 Å². The Labute approximate surface area is 88.1 Å². The van der Waals surface area contributed by atoms with Gasteiger partial charge < -0.3 is 16.2 Å². The van der Waals surface area contributed by atoms with Crippen LogP contribution in [0.2, 0.25) is 0 Å². The number of nitrogens with zero attached hydrogens (tertiary/aromatic N) is 2. The third-order valence-electron chi connectivity index (χ3n) is 1.97. The summed E-state index contributed by atoms with van der Waals surface area (Å²) >= 11 is 0. The van der Waals surface area contributed by atoms with Crippen LogP contribution in [0.15, 0.2) is 12.3 Å². The topological polar surface area (TPSA) is 93.2 Å². The number of carbonyl (C=O) groups is 1. The Morgan fingerprint density at radius 2 is 2.53 bits per heavy atom. The maximum atomic E-state index is 11.3. The first-order valence-corrected chi connectivity index (χ1v) is 4.85. The standard InChI is InChI=1S/C9H16N4O2/c1-2-7(14)5-11-9(15)6-13-4-3-8(10)12-13/h3-4,7,14H,2,5-6H2,1H3,(H2,10,12)(H,11,15). The second-order valence-corrected chi connectivity index (χ2v) is 3.30. The molecule has 0 bridgehead atoms. The molecule has 1 unspecified atom stereocenters. The molecule has 1 heterocycles. The molecule has 0 radical (unpaired) electrons. The number of amides is 1. The van der Waals surface area contributed by atoms with E-state index in [0.717, 1.165) is 0 Å². The number of carbonyl (C=O) groups excluding carboxylic acids is 1. The minimum Gasteiger partial charge on any atom is -0.391 e. The first-order chi connectivity index (χ1) is 7.11. The molecule has 1 aromatic rings. The second-order valence-electron chi connectivity index (χ2n) is 3.30. The van der Waals surface area contributed by atoms with Crippen LogP contribution >= 0.6 is 0 Å². The molecule has 4 N–H and O–H groups in total. The Balaban J connectivity index is 2.30. The van der Waals surface area contributed by atoms with Gasteiger partial charge in [-0.15, -0.1) is 0 Å². The van der Waals surface area contributed by atoms with Crippen LogP contribution in [0.25, 0.3) is 0 Å². The molecular weight excluding hydrogens is 196 g/mol. The number of aromatic nitrogens is 2. The van der Waals surface area contributed by atoms with E-state index in [4.69, 9.17) is 5.73 Å². The molecule has 6 heteroatoms. The number of nitrogen functional groups attached to an aromatic ring is 1. The molecule has 15 heavy (non-hydrogen) atoms. The number of nitrogens with one attached hydrogen (secondary N) is 1. The Morgan fingerprint density at radius 3 is 3.07 bits per heavy atom. The highest BCUT2D eigenvalue weighted by Gasteiger charge is 2.06. The Bertz CT molecular complexity index is 324. The van der Waals surface area contributed by atoms with Crippen LogP contribution in [0.5, 0.6) is 0 Å². The average molecular weight is 212 g/mol. The van der Waals surface area contributed by atoms with Gasteiger partial charge in [-0.3, -0.25) is 9.48 Å². The van der Waals surface area contributed by atoms with Crippen molar-refractivity contribution >= 4 is 11.7 Å². The SMILES string of the molecule is CCC(O)CNC(=O)Cn1ccc(N)n1. The molecule has 0 saturated carbocycles. The van der Waals surface area contributed by atoms with Gasteiger partial charge >= 0.3 is 0 Å². The Hall–Kier alpha value is -1.56. The van der Waals surface area contributed by atoms with Crippen LogP contribution in [0.3, 0.4) is 0 Å². The normalized spacial score (nSPS) is 12.4. The Kier molecular flexibility index (Phi) is 4.11. The summed E-state index contributed by atoms with van der Waals surface area (Å²) in [7, 11) is 0. The van der Waals surface area contributed by atoms with E-state index >= 15 is 0 Å². The van der Waals surface area contributed by atoms with E-state index in [1.807, 2.05) is 6.92 Å². The third-order valence-corrected chi connectivity index (χ3v) is 1.97. The lowest BCUT2D eigenvalue weighted by Gasteiger charge is -2.09. The van der Waals surface area contributed by atoms with E-state index in [1.54, 1.807) is 12.3 Å². The molecule has 1 rings (SSSR count). The molecule has 0 aliphatic carbocycles. The molecule has 1 atom stereocenters. The van der Waals surface area contributed by atoms with Crippen molar-refractivity contribution in [2.24, 2.45) is 0 Å². The van der Waals surface area contributed by atoms with Gasteiger partial charge in [0.2, 0.25) is 5.91 Å². The molecule has 0 aliphatic rings. The second kappa shape index (κ2) is 5.35. The molecular formula is C9H16N4O2. The van der Waals surface area contributed by atoms with Crippen LogP contribution in [-0.4, -0.2) is 33.4 Å². The van der Waals surface area contributed by atoms with Crippen molar-refractivity contribution in [1.82, 2.24) is 15.1 Å². The summed E-state index contributed by atoms with van der Waals surface area (Å²) in [5.74, 6) is 0.196. The molecule has 84 valence electrons. The van der Waals surface area contributed by atoms with E-state index in [9.17, 15) is 9.90 Å². The molecule has 6 nitrogen and oxygen atoms in total. The predicted molar refractivity (Wildman–Crippen MR) is 55.9 cm³/mol. The van der Waals surface area contributed by atoms with E-state index < -0.39 is 6.10 Å². The Morgan fingerprint density at radius 1 is 1.80 bits per heavy atom. The average Bonchev–Trinajstić information content (AvgIpc) is 2.60. The van der Waals surface area contributed by atoms with Crippen molar-refractivity contribution < 1.29 is 9.90 Å². The van der Waals surface area contributed by atoms with Crippen LogP contribution in [0, 0.1) is 0 Å². The zero-order chi connectivity index (χ0) is 11.3. The number of hydrogen-bond acceptors (Lipinski definition) is 4. The summed E-state index contributed by atoms with van der Waals surface area (Å²) in [6.45, 7) is 2.24. The van der Waals surface area contributed by atoms with Gasteiger partial charge in [0, 0.05) is 12.7 Å². The molecule has 0 aliphatic heterocycles. The number of nitrogens with two attached hydrogens (primary N) is 1. The van der Waals surface area contributed by atoms with Crippen molar-refractivity contribution in [3.8, 4) is 0 Å². The minimum atomic E-state index is -0.489. The van der Waals surface area contributed by atoms with Crippen molar-refractivity contribution in [2.45, 2.75) is 26.0 Å². The fraction of sp³-hybridized carbons (Fsp3) is 0.556. The van der Waals surface area contributed by atoms with Crippen molar-refractivity contribution in [3.63, 3.8) is 0 Å². The maximum Gasteiger partial charge on any atom is 0.241 e. The van der Waals surface area contributed by atoms with Gasteiger partial charge in [-0.05, 0) is 12.5 Å². The molecule has 0 aromatic carbocycles. The molecule has 0 saturated heterocycles. The fourth-order valence-corrected chi connectivity index (χ4v) is 1.04. The third kappa shape index (κ3) is 3.99. The number of rotatable bonds is 5.